The van der Waals surface area contributed by atoms with Crippen molar-refractivity contribution in [2.45, 2.75) is 77.7 Å². The van der Waals surface area contributed by atoms with E-state index in [0.29, 0.717) is 12.8 Å². The van der Waals surface area contributed by atoms with E-state index in [9.17, 15) is 9.59 Å². The maximum Gasteiger partial charge on any atom is 0.305 e. The molecule has 142 valence electrons. The molecule has 4 heteroatoms. The molecule has 0 amide bonds. The van der Waals surface area contributed by atoms with Crippen molar-refractivity contribution in [2.75, 3.05) is 7.11 Å². The summed E-state index contributed by atoms with van der Waals surface area (Å²) in [5.74, 6) is -0.373. The first-order valence-corrected chi connectivity index (χ1v) is 9.32. The van der Waals surface area contributed by atoms with E-state index in [1.54, 1.807) is 0 Å². The zero-order valence-corrected chi connectivity index (χ0v) is 16.0. The van der Waals surface area contributed by atoms with E-state index >= 15 is 0 Å². The molecule has 0 aromatic heterocycles. The van der Waals surface area contributed by atoms with E-state index in [1.165, 1.54) is 20.5 Å². The molecule has 0 saturated carbocycles. The lowest BCUT2D eigenvalue weighted by Crippen LogP contribution is -2.12. The fourth-order valence-electron chi connectivity index (χ4n) is 2.30. The third-order valence-electron chi connectivity index (χ3n) is 3.64. The van der Waals surface area contributed by atoms with Gasteiger partial charge < -0.3 is 9.47 Å². The van der Waals surface area contributed by atoms with Gasteiger partial charge in [-0.05, 0) is 31.8 Å². The SMILES string of the molecule is CCC=CCC(C=CC=CCCCCCCCC(=O)OC)OC(C)=O. The number of allylic oxidation sites excluding steroid dienone is 4. The van der Waals surface area contributed by atoms with Gasteiger partial charge in [-0.15, -0.1) is 0 Å². The van der Waals surface area contributed by atoms with Gasteiger partial charge in [0.1, 0.15) is 6.10 Å². The number of carbonyl (C=O) groups excluding carboxylic acids is 2. The van der Waals surface area contributed by atoms with Crippen LogP contribution in [0.2, 0.25) is 0 Å². The minimum atomic E-state index is -0.254. The van der Waals surface area contributed by atoms with Crippen molar-refractivity contribution in [1.29, 1.82) is 0 Å². The fraction of sp³-hybridized carbons (Fsp3) is 0.619. The predicted molar refractivity (Wildman–Crippen MR) is 102 cm³/mol. The number of methoxy groups -OCH3 is 1. The second-order valence-corrected chi connectivity index (χ2v) is 5.96. The molecular weight excluding hydrogens is 316 g/mol. The predicted octanol–water partition coefficient (Wildman–Crippen LogP) is 5.29. The lowest BCUT2D eigenvalue weighted by Gasteiger charge is -2.10. The van der Waals surface area contributed by atoms with E-state index in [1.807, 2.05) is 24.3 Å². The highest BCUT2D eigenvalue weighted by Crippen LogP contribution is 2.08. The number of ether oxygens (including phenoxy) is 2. The first kappa shape index (κ1) is 23.2. The summed E-state index contributed by atoms with van der Waals surface area (Å²) < 4.78 is 9.87. The van der Waals surface area contributed by atoms with Crippen molar-refractivity contribution in [3.63, 3.8) is 0 Å². The summed E-state index contributed by atoms with van der Waals surface area (Å²) in [5, 5.41) is 0. The van der Waals surface area contributed by atoms with Gasteiger partial charge in [0.05, 0.1) is 7.11 Å². The Labute approximate surface area is 153 Å². The van der Waals surface area contributed by atoms with Crippen molar-refractivity contribution >= 4 is 11.9 Å². The molecule has 0 rings (SSSR count). The summed E-state index contributed by atoms with van der Waals surface area (Å²) in [4.78, 5) is 22.1. The van der Waals surface area contributed by atoms with Gasteiger partial charge in [-0.1, -0.05) is 56.6 Å². The zero-order chi connectivity index (χ0) is 18.8. The summed E-state index contributed by atoms with van der Waals surface area (Å²) in [7, 11) is 1.43. The molecule has 0 fully saturated rings. The molecule has 0 aliphatic carbocycles. The van der Waals surface area contributed by atoms with Crippen LogP contribution in [0.5, 0.6) is 0 Å². The van der Waals surface area contributed by atoms with Gasteiger partial charge in [-0.3, -0.25) is 9.59 Å². The average molecular weight is 350 g/mol. The van der Waals surface area contributed by atoms with Crippen LogP contribution in [0.15, 0.2) is 36.5 Å². The van der Waals surface area contributed by atoms with Gasteiger partial charge in [-0.2, -0.15) is 0 Å². The van der Waals surface area contributed by atoms with Crippen LogP contribution in [0.3, 0.4) is 0 Å². The quantitative estimate of drug-likeness (QED) is 0.185. The van der Waals surface area contributed by atoms with Crippen LogP contribution in [0.1, 0.15) is 71.6 Å². The summed E-state index contributed by atoms with van der Waals surface area (Å²) in [6.45, 7) is 3.51. The molecular formula is C21H34O4. The van der Waals surface area contributed by atoms with Crippen LogP contribution in [0, 0.1) is 0 Å². The molecule has 0 aliphatic heterocycles. The minimum absolute atomic E-state index is 0.119. The van der Waals surface area contributed by atoms with Crippen molar-refractivity contribution in [3.8, 4) is 0 Å². The molecule has 0 radical (unpaired) electrons. The summed E-state index contributed by atoms with van der Waals surface area (Å²) in [6, 6.07) is 0. The molecule has 0 N–H and O–H groups in total. The second kappa shape index (κ2) is 17.0. The minimum Gasteiger partial charge on any atom is -0.469 e. The van der Waals surface area contributed by atoms with Crippen LogP contribution >= 0.6 is 0 Å². The molecule has 0 aromatic carbocycles. The number of unbranched alkanes of at least 4 members (excludes halogenated alkanes) is 5. The highest BCUT2D eigenvalue weighted by molar-refractivity contribution is 5.69. The Morgan fingerprint density at radius 2 is 1.68 bits per heavy atom. The smallest absolute Gasteiger partial charge is 0.305 e. The molecule has 0 bridgehead atoms. The van der Waals surface area contributed by atoms with Crippen molar-refractivity contribution in [2.24, 2.45) is 0 Å². The molecule has 0 aromatic rings. The highest BCUT2D eigenvalue weighted by atomic mass is 16.5. The number of hydrogen-bond acceptors (Lipinski definition) is 4. The van der Waals surface area contributed by atoms with Gasteiger partial charge in [0, 0.05) is 19.8 Å². The van der Waals surface area contributed by atoms with Crippen molar-refractivity contribution < 1.29 is 19.1 Å². The molecule has 0 spiro atoms. The zero-order valence-electron chi connectivity index (χ0n) is 16.0. The summed E-state index contributed by atoms with van der Waals surface area (Å²) in [5.41, 5.74) is 0. The summed E-state index contributed by atoms with van der Waals surface area (Å²) >= 11 is 0. The van der Waals surface area contributed by atoms with Crippen molar-refractivity contribution in [1.82, 2.24) is 0 Å². The monoisotopic (exact) mass is 350 g/mol. The van der Waals surface area contributed by atoms with Gasteiger partial charge in [-0.25, -0.2) is 0 Å². The Kier molecular flexibility index (Phi) is 15.7. The molecule has 0 saturated heterocycles. The third-order valence-corrected chi connectivity index (χ3v) is 3.64. The highest BCUT2D eigenvalue weighted by Gasteiger charge is 2.04. The Balaban J connectivity index is 3.81. The first-order chi connectivity index (χ1) is 12.1. The normalized spacial score (nSPS) is 12.9. The molecule has 1 unspecified atom stereocenters. The molecule has 4 nitrogen and oxygen atoms in total. The maximum atomic E-state index is 11.1. The van der Waals surface area contributed by atoms with Crippen molar-refractivity contribution in [3.05, 3.63) is 36.5 Å². The number of rotatable bonds is 14. The summed E-state index contributed by atoms with van der Waals surface area (Å²) in [6.07, 6.45) is 20.7. The van der Waals surface area contributed by atoms with Gasteiger partial charge >= 0.3 is 11.9 Å². The average Bonchev–Trinajstić information content (AvgIpc) is 2.58. The van der Waals surface area contributed by atoms with Crippen LogP contribution in [0.4, 0.5) is 0 Å². The maximum absolute atomic E-state index is 11.1. The van der Waals surface area contributed by atoms with E-state index < -0.39 is 0 Å². The van der Waals surface area contributed by atoms with Crippen LogP contribution in [-0.2, 0) is 19.1 Å². The first-order valence-electron chi connectivity index (χ1n) is 9.32. The Morgan fingerprint density at radius 1 is 0.960 bits per heavy atom. The molecule has 0 aliphatic rings. The van der Waals surface area contributed by atoms with Gasteiger partial charge in [0.15, 0.2) is 0 Å². The van der Waals surface area contributed by atoms with Crippen LogP contribution in [-0.4, -0.2) is 25.2 Å². The van der Waals surface area contributed by atoms with Gasteiger partial charge in [0.25, 0.3) is 0 Å². The standard InChI is InChI=1S/C21H34O4/c1-4-5-13-16-20(25-19(2)22)17-14-11-9-7-6-8-10-12-15-18-21(23)24-3/h5,9,11,13-14,17,20H,4,6-8,10,12,15-16,18H2,1-3H3. The Bertz CT molecular complexity index is 435. The number of hydrogen-bond donors (Lipinski definition) is 0. The molecule has 0 heterocycles. The number of carbonyl (C=O) groups is 2. The largest absolute Gasteiger partial charge is 0.469 e. The van der Waals surface area contributed by atoms with E-state index in [0.717, 1.165) is 38.5 Å². The second-order valence-electron chi connectivity index (χ2n) is 5.96. The van der Waals surface area contributed by atoms with Crippen LogP contribution in [0.25, 0.3) is 0 Å². The topological polar surface area (TPSA) is 52.6 Å². The van der Waals surface area contributed by atoms with E-state index in [2.05, 4.69) is 23.8 Å². The van der Waals surface area contributed by atoms with Crippen LogP contribution < -0.4 is 0 Å². The molecule has 25 heavy (non-hydrogen) atoms. The van der Waals surface area contributed by atoms with E-state index in [4.69, 9.17) is 4.74 Å². The Hall–Kier alpha value is -1.84. The third kappa shape index (κ3) is 16.8. The van der Waals surface area contributed by atoms with Gasteiger partial charge in [0.2, 0.25) is 0 Å². The lowest BCUT2D eigenvalue weighted by molar-refractivity contribution is -0.144. The molecule has 1 atom stereocenters. The number of esters is 2. The Morgan fingerprint density at radius 3 is 2.36 bits per heavy atom. The van der Waals surface area contributed by atoms with E-state index in [-0.39, 0.29) is 18.0 Å². The lowest BCUT2D eigenvalue weighted by atomic mass is 10.1. The fourth-order valence-corrected chi connectivity index (χ4v) is 2.30.